The van der Waals surface area contributed by atoms with Crippen LogP contribution in [0.25, 0.3) is 0 Å². The fourth-order valence-corrected chi connectivity index (χ4v) is 1.68. The third-order valence-electron chi connectivity index (χ3n) is 2.58. The first-order valence-corrected chi connectivity index (χ1v) is 27.0. The van der Waals surface area contributed by atoms with Crippen LogP contribution in [0.2, 0.25) is 0 Å². The summed E-state index contributed by atoms with van der Waals surface area (Å²) in [6.45, 7) is 4.36. The fourth-order valence-electron chi connectivity index (χ4n) is 1.68. The van der Waals surface area contributed by atoms with Gasteiger partial charge in [0.05, 0.1) is 0 Å². The van der Waals surface area contributed by atoms with E-state index in [0.29, 0.717) is 0 Å². The summed E-state index contributed by atoms with van der Waals surface area (Å²) in [6, 6.07) is 8.24. The molecule has 0 amide bonds. The van der Waals surface area contributed by atoms with E-state index in [2.05, 4.69) is 101 Å². The number of rotatable bonds is 4. The molecular weight excluding hydrogens is 735 g/mol. The van der Waals surface area contributed by atoms with E-state index in [1.54, 1.807) is 0 Å². The van der Waals surface area contributed by atoms with Crippen molar-refractivity contribution in [3.63, 3.8) is 0 Å². The van der Waals surface area contributed by atoms with Gasteiger partial charge in [0.25, 0.3) is 0 Å². The minimum absolute atomic E-state index is 1.17. The SMILES string of the molecule is CCCc1ccncc1.CCCc1ccncc1.[Br][Pt]([Br])([Br])[Br]. The van der Waals surface area contributed by atoms with Crippen molar-refractivity contribution in [1.29, 1.82) is 0 Å². The van der Waals surface area contributed by atoms with E-state index in [-0.39, 0.29) is 0 Å². The number of pyridine rings is 2. The van der Waals surface area contributed by atoms with E-state index < -0.39 is 7.84 Å². The standard InChI is InChI=1S/2C8H11N.4BrH.Pt/c2*1-2-3-8-4-6-9-7-5-8;;;;;/h2*4-7H,2-3H2,1H3;4*1H;/q;;;;;;+4/p-4. The van der Waals surface area contributed by atoms with Gasteiger partial charge in [-0.2, -0.15) is 0 Å². The number of hydrogen-bond donors (Lipinski definition) is 0. The molecule has 2 nitrogen and oxygen atoms in total. The number of nitrogens with zero attached hydrogens (tertiary/aromatic N) is 2. The van der Waals surface area contributed by atoms with E-state index >= 15 is 0 Å². The first kappa shape index (κ1) is 23.9. The number of hydrogen-bond acceptors (Lipinski definition) is 2. The van der Waals surface area contributed by atoms with E-state index in [1.807, 2.05) is 24.8 Å². The zero-order valence-electron chi connectivity index (χ0n) is 13.2. The molecule has 0 saturated carbocycles. The molecule has 0 saturated heterocycles. The molecule has 134 valence electrons. The molecule has 7 heteroatoms. The molecule has 2 aromatic heterocycles. The molecule has 2 aromatic rings. The predicted octanol–water partition coefficient (Wildman–Crippen LogP) is 7.45. The number of aryl methyl sites for hydroxylation is 2. The van der Waals surface area contributed by atoms with Crippen molar-refractivity contribution in [2.24, 2.45) is 0 Å². The van der Waals surface area contributed by atoms with Crippen molar-refractivity contribution in [3.8, 4) is 0 Å². The normalized spacial score (nSPS) is 10.7. The molecule has 0 aliphatic carbocycles. The second-order valence-electron chi connectivity index (χ2n) is 4.48. The molecule has 23 heavy (non-hydrogen) atoms. The first-order valence-electron chi connectivity index (χ1n) is 7.12. The average molecular weight is 757 g/mol. The second-order valence-corrected chi connectivity index (χ2v) is 64.1. The van der Waals surface area contributed by atoms with Gasteiger partial charge in [-0.05, 0) is 48.2 Å². The topological polar surface area (TPSA) is 25.8 Å². The maximum atomic E-state index is 3.93. The van der Waals surface area contributed by atoms with Crippen molar-refractivity contribution < 1.29 is 7.84 Å². The van der Waals surface area contributed by atoms with Gasteiger partial charge in [-0.1, -0.05) is 26.7 Å². The number of halogens is 4. The van der Waals surface area contributed by atoms with Gasteiger partial charge in [-0.3, -0.25) is 9.97 Å². The summed E-state index contributed by atoms with van der Waals surface area (Å²) in [5, 5.41) is 0. The van der Waals surface area contributed by atoms with Crippen LogP contribution in [0, 0.1) is 0 Å². The predicted molar refractivity (Wildman–Crippen MR) is 112 cm³/mol. The van der Waals surface area contributed by atoms with Crippen LogP contribution in [0.3, 0.4) is 0 Å². The van der Waals surface area contributed by atoms with Crippen molar-refractivity contribution in [1.82, 2.24) is 9.97 Å². The van der Waals surface area contributed by atoms with E-state index in [4.69, 9.17) is 0 Å². The molecule has 2 rings (SSSR count). The average Bonchev–Trinajstić information content (AvgIpc) is 2.49. The Kier molecular flexibility index (Phi) is 15.8. The maximum absolute atomic E-state index is 3.93. The van der Waals surface area contributed by atoms with Gasteiger partial charge in [0, 0.05) is 24.8 Å². The van der Waals surface area contributed by atoms with Crippen LogP contribution in [-0.4, -0.2) is 9.97 Å². The summed E-state index contributed by atoms with van der Waals surface area (Å²) in [5.74, 6) is 0. The summed E-state index contributed by atoms with van der Waals surface area (Å²) >= 11 is 13.2. The third-order valence-corrected chi connectivity index (χ3v) is 2.58. The Morgan fingerprint density at radius 2 is 0.957 bits per heavy atom. The number of aromatic nitrogens is 2. The van der Waals surface area contributed by atoms with Gasteiger partial charge in [-0.25, -0.2) is 0 Å². The van der Waals surface area contributed by atoms with E-state index in [0.717, 1.165) is 0 Å². The molecule has 0 N–H and O–H groups in total. The van der Waals surface area contributed by atoms with Crippen LogP contribution >= 0.6 is 53.2 Å². The van der Waals surface area contributed by atoms with Crippen LogP contribution in [0.5, 0.6) is 0 Å². The monoisotopic (exact) mass is 753 g/mol. The van der Waals surface area contributed by atoms with Crippen LogP contribution in [0.4, 0.5) is 0 Å². The van der Waals surface area contributed by atoms with Gasteiger partial charge < -0.3 is 0 Å². The van der Waals surface area contributed by atoms with Crippen LogP contribution < -0.4 is 0 Å². The Hall–Kier alpha value is 0.908. The molecule has 0 aromatic carbocycles. The molecule has 0 spiro atoms. The molecule has 0 aliphatic rings. The van der Waals surface area contributed by atoms with E-state index in [9.17, 15) is 0 Å². The Morgan fingerprint density at radius 1 is 0.696 bits per heavy atom. The molecule has 2 heterocycles. The van der Waals surface area contributed by atoms with E-state index in [1.165, 1.54) is 36.8 Å². The Balaban J connectivity index is 0.000000332. The van der Waals surface area contributed by atoms with Crippen LogP contribution in [0.15, 0.2) is 49.1 Å². The van der Waals surface area contributed by atoms with Gasteiger partial charge in [0.15, 0.2) is 0 Å². The third kappa shape index (κ3) is 19.1. The second kappa shape index (κ2) is 15.2. The Bertz CT molecular complexity index is 445. The molecule has 0 atom stereocenters. The zero-order valence-corrected chi connectivity index (χ0v) is 21.8. The van der Waals surface area contributed by atoms with Crippen molar-refractivity contribution >= 4 is 53.2 Å². The molecule has 0 radical (unpaired) electrons. The van der Waals surface area contributed by atoms with Crippen LogP contribution in [-0.2, 0) is 20.7 Å². The minimum atomic E-state index is -1.69. The first-order chi connectivity index (χ1) is 10.9. The molecule has 0 aliphatic heterocycles. The van der Waals surface area contributed by atoms with Crippen LogP contribution in [0.1, 0.15) is 37.8 Å². The van der Waals surface area contributed by atoms with Gasteiger partial charge in [0.2, 0.25) is 0 Å². The summed E-state index contributed by atoms with van der Waals surface area (Å²) in [4.78, 5) is 7.86. The molecule has 0 bridgehead atoms. The quantitative estimate of drug-likeness (QED) is 0.324. The summed E-state index contributed by atoms with van der Waals surface area (Å²) in [7, 11) is -1.69. The van der Waals surface area contributed by atoms with Crippen molar-refractivity contribution in [3.05, 3.63) is 60.2 Å². The fraction of sp³-hybridized carbons (Fsp3) is 0.375. The molecule has 0 unspecified atom stereocenters. The Morgan fingerprint density at radius 3 is 1.17 bits per heavy atom. The molecule has 0 fully saturated rings. The van der Waals surface area contributed by atoms with Crippen molar-refractivity contribution in [2.75, 3.05) is 0 Å². The summed E-state index contributed by atoms with van der Waals surface area (Å²) < 4.78 is 0. The zero-order chi connectivity index (χ0) is 17.6. The Labute approximate surface area is 169 Å². The van der Waals surface area contributed by atoms with Crippen molar-refractivity contribution in [2.45, 2.75) is 39.5 Å². The molecular formula is C16H22Br4N2Pt. The summed E-state index contributed by atoms with van der Waals surface area (Å²) in [5.41, 5.74) is 2.76. The summed E-state index contributed by atoms with van der Waals surface area (Å²) in [6.07, 6.45) is 12.1. The van der Waals surface area contributed by atoms with Gasteiger partial charge >= 0.3 is 61.0 Å². The van der Waals surface area contributed by atoms with Gasteiger partial charge in [0.1, 0.15) is 0 Å². The van der Waals surface area contributed by atoms with Gasteiger partial charge in [-0.15, -0.1) is 0 Å².